The fourth-order valence-corrected chi connectivity index (χ4v) is 4.54. The molecule has 25 heavy (non-hydrogen) atoms. The second kappa shape index (κ2) is 6.48. The lowest BCUT2D eigenvalue weighted by molar-refractivity contribution is -0.134. The molecule has 1 aliphatic rings. The molecular formula is C20H21N3OS. The van der Waals surface area contributed by atoms with E-state index in [2.05, 4.69) is 28.7 Å². The molecule has 0 N–H and O–H groups in total. The van der Waals surface area contributed by atoms with Crippen LogP contribution in [0.25, 0.3) is 0 Å². The number of nitrogens with zero attached hydrogens (tertiary/aromatic N) is 3. The largest absolute Gasteiger partial charge is 0.330 e. The summed E-state index contributed by atoms with van der Waals surface area (Å²) in [5, 5.41) is 6.58. The molecule has 1 aromatic carbocycles. The van der Waals surface area contributed by atoms with Crippen LogP contribution in [0.15, 0.2) is 47.8 Å². The Morgan fingerprint density at radius 2 is 2.04 bits per heavy atom. The molecule has 0 saturated heterocycles. The van der Waals surface area contributed by atoms with E-state index in [0.29, 0.717) is 6.54 Å². The highest BCUT2D eigenvalue weighted by Gasteiger charge is 2.32. The number of fused-ring (bicyclic) bond motifs is 1. The molecule has 4 nitrogen and oxygen atoms in total. The Labute approximate surface area is 151 Å². The van der Waals surface area contributed by atoms with Crippen LogP contribution in [0.5, 0.6) is 0 Å². The number of aryl methyl sites for hydroxylation is 2. The van der Waals surface area contributed by atoms with Gasteiger partial charge >= 0.3 is 0 Å². The first-order valence-corrected chi connectivity index (χ1v) is 9.43. The summed E-state index contributed by atoms with van der Waals surface area (Å²) in [4.78, 5) is 16.5. The van der Waals surface area contributed by atoms with Gasteiger partial charge in [0.1, 0.15) is 6.54 Å². The van der Waals surface area contributed by atoms with Crippen molar-refractivity contribution in [3.63, 3.8) is 0 Å². The fraction of sp³-hybridized carbons (Fsp3) is 0.300. The van der Waals surface area contributed by atoms with Crippen molar-refractivity contribution in [2.24, 2.45) is 0 Å². The molecule has 4 rings (SSSR count). The zero-order valence-electron chi connectivity index (χ0n) is 14.5. The van der Waals surface area contributed by atoms with E-state index in [9.17, 15) is 4.79 Å². The lowest BCUT2D eigenvalue weighted by Gasteiger charge is -2.36. The number of carbonyl (C=O) groups excluding carboxylic acids is 1. The summed E-state index contributed by atoms with van der Waals surface area (Å²) in [5.41, 5.74) is 4.41. The van der Waals surface area contributed by atoms with E-state index < -0.39 is 0 Å². The zero-order valence-corrected chi connectivity index (χ0v) is 15.3. The van der Waals surface area contributed by atoms with Crippen LogP contribution in [0.1, 0.15) is 33.4 Å². The third kappa shape index (κ3) is 3.00. The minimum atomic E-state index is 0.000616. The topological polar surface area (TPSA) is 38.1 Å². The second-order valence-electron chi connectivity index (χ2n) is 6.53. The van der Waals surface area contributed by atoms with Crippen molar-refractivity contribution < 1.29 is 4.79 Å². The first-order chi connectivity index (χ1) is 12.1. The summed E-state index contributed by atoms with van der Waals surface area (Å²) < 4.78 is 1.81. The Kier molecular flexibility index (Phi) is 4.17. The Bertz CT molecular complexity index is 897. The van der Waals surface area contributed by atoms with E-state index in [1.165, 1.54) is 16.0 Å². The van der Waals surface area contributed by atoms with E-state index in [1.807, 2.05) is 47.7 Å². The van der Waals surface area contributed by atoms with Crippen LogP contribution in [0.4, 0.5) is 0 Å². The average molecular weight is 351 g/mol. The van der Waals surface area contributed by atoms with Crippen LogP contribution in [0.3, 0.4) is 0 Å². The van der Waals surface area contributed by atoms with Crippen LogP contribution in [-0.2, 0) is 17.8 Å². The molecule has 0 saturated carbocycles. The molecule has 0 fully saturated rings. The molecule has 1 aliphatic heterocycles. The number of rotatable bonds is 3. The Hall–Kier alpha value is -2.40. The maximum atomic E-state index is 13.1. The van der Waals surface area contributed by atoms with Gasteiger partial charge in [0.15, 0.2) is 0 Å². The van der Waals surface area contributed by atoms with Gasteiger partial charge in [-0.05, 0) is 48.9 Å². The first-order valence-electron chi connectivity index (χ1n) is 8.55. The van der Waals surface area contributed by atoms with Crippen molar-refractivity contribution in [2.75, 3.05) is 6.54 Å². The van der Waals surface area contributed by atoms with E-state index in [4.69, 9.17) is 0 Å². The number of thiophene rings is 1. The van der Waals surface area contributed by atoms with Gasteiger partial charge in [0.2, 0.25) is 5.91 Å². The highest BCUT2D eigenvalue weighted by atomic mass is 32.1. The molecule has 2 aromatic heterocycles. The number of hydrogen-bond acceptors (Lipinski definition) is 3. The van der Waals surface area contributed by atoms with Crippen molar-refractivity contribution in [2.45, 2.75) is 32.9 Å². The molecule has 1 amide bonds. The van der Waals surface area contributed by atoms with Gasteiger partial charge in [-0.1, -0.05) is 30.3 Å². The first kappa shape index (κ1) is 16.1. The van der Waals surface area contributed by atoms with Gasteiger partial charge in [0.05, 0.1) is 11.7 Å². The van der Waals surface area contributed by atoms with Crippen LogP contribution in [0.2, 0.25) is 0 Å². The van der Waals surface area contributed by atoms with Gasteiger partial charge in [0, 0.05) is 17.1 Å². The number of benzene rings is 1. The van der Waals surface area contributed by atoms with Gasteiger partial charge in [-0.15, -0.1) is 11.3 Å². The summed E-state index contributed by atoms with van der Waals surface area (Å²) in [6.45, 7) is 5.00. The quantitative estimate of drug-likeness (QED) is 0.721. The minimum Gasteiger partial charge on any atom is -0.330 e. The van der Waals surface area contributed by atoms with Gasteiger partial charge in [-0.2, -0.15) is 5.10 Å². The highest BCUT2D eigenvalue weighted by molar-refractivity contribution is 7.10. The average Bonchev–Trinajstić information content (AvgIpc) is 3.20. The molecule has 3 heterocycles. The third-order valence-corrected chi connectivity index (χ3v) is 5.79. The second-order valence-corrected chi connectivity index (χ2v) is 7.53. The number of amides is 1. The molecule has 0 radical (unpaired) electrons. The van der Waals surface area contributed by atoms with Crippen LogP contribution < -0.4 is 0 Å². The van der Waals surface area contributed by atoms with Crippen LogP contribution in [0, 0.1) is 13.8 Å². The minimum absolute atomic E-state index is 0.000616. The SMILES string of the molecule is Cc1cc(C)n(CC(=O)N2CCc3sccc3C2c2ccccc2)n1. The maximum Gasteiger partial charge on any atom is 0.245 e. The monoisotopic (exact) mass is 351 g/mol. The molecule has 5 heteroatoms. The molecule has 0 aliphatic carbocycles. The zero-order chi connectivity index (χ0) is 17.4. The van der Waals surface area contributed by atoms with Crippen molar-refractivity contribution >= 4 is 17.2 Å². The lowest BCUT2D eigenvalue weighted by Crippen LogP contribution is -2.42. The highest BCUT2D eigenvalue weighted by Crippen LogP contribution is 2.37. The molecule has 0 bridgehead atoms. The summed E-state index contributed by atoms with van der Waals surface area (Å²) in [5.74, 6) is 0.122. The van der Waals surface area contributed by atoms with Crippen molar-refractivity contribution in [1.82, 2.24) is 14.7 Å². The molecular weight excluding hydrogens is 330 g/mol. The predicted molar refractivity (Wildman–Crippen MR) is 99.7 cm³/mol. The maximum absolute atomic E-state index is 13.1. The van der Waals surface area contributed by atoms with Gasteiger partial charge in [-0.25, -0.2) is 0 Å². The molecule has 1 unspecified atom stereocenters. The molecule has 0 spiro atoms. The van der Waals surface area contributed by atoms with E-state index in [-0.39, 0.29) is 11.9 Å². The van der Waals surface area contributed by atoms with Gasteiger partial charge < -0.3 is 4.90 Å². The number of carbonyl (C=O) groups is 1. The van der Waals surface area contributed by atoms with Crippen molar-refractivity contribution in [3.8, 4) is 0 Å². The van der Waals surface area contributed by atoms with E-state index in [0.717, 1.165) is 24.4 Å². The lowest BCUT2D eigenvalue weighted by atomic mass is 9.93. The summed E-state index contributed by atoms with van der Waals surface area (Å²) in [6, 6.07) is 14.5. The van der Waals surface area contributed by atoms with Gasteiger partial charge in [-0.3, -0.25) is 9.48 Å². The Morgan fingerprint density at radius 1 is 1.24 bits per heavy atom. The third-order valence-electron chi connectivity index (χ3n) is 4.79. The van der Waals surface area contributed by atoms with Crippen LogP contribution in [-0.4, -0.2) is 27.1 Å². The van der Waals surface area contributed by atoms with Gasteiger partial charge in [0.25, 0.3) is 0 Å². The van der Waals surface area contributed by atoms with Crippen LogP contribution >= 0.6 is 11.3 Å². The number of hydrogen-bond donors (Lipinski definition) is 0. The van der Waals surface area contributed by atoms with Crippen molar-refractivity contribution in [3.05, 3.63) is 75.2 Å². The molecule has 128 valence electrons. The van der Waals surface area contributed by atoms with E-state index in [1.54, 1.807) is 11.3 Å². The Balaban J connectivity index is 1.68. The summed E-state index contributed by atoms with van der Waals surface area (Å²) in [7, 11) is 0. The normalized spacial score (nSPS) is 16.7. The summed E-state index contributed by atoms with van der Waals surface area (Å²) in [6.07, 6.45) is 0.930. The smallest absolute Gasteiger partial charge is 0.245 e. The fourth-order valence-electron chi connectivity index (χ4n) is 3.63. The standard InChI is InChI=1S/C20H21N3OS/c1-14-12-15(2)23(21-14)13-19(24)22-10-8-18-17(9-11-25-18)20(22)16-6-4-3-5-7-16/h3-7,9,11-12,20H,8,10,13H2,1-2H3. The van der Waals surface area contributed by atoms with Crippen molar-refractivity contribution in [1.29, 1.82) is 0 Å². The molecule has 3 aromatic rings. The number of aromatic nitrogens is 2. The summed E-state index contributed by atoms with van der Waals surface area (Å²) >= 11 is 1.79. The molecule has 1 atom stereocenters. The predicted octanol–water partition coefficient (Wildman–Crippen LogP) is 3.74. The van der Waals surface area contributed by atoms with E-state index >= 15 is 0 Å². The Morgan fingerprint density at radius 3 is 2.76 bits per heavy atom.